The number of ether oxygens (including phenoxy) is 1. The monoisotopic (exact) mass is 450 g/mol. The van der Waals surface area contributed by atoms with Crippen molar-refractivity contribution in [2.45, 2.75) is 13.0 Å². The van der Waals surface area contributed by atoms with E-state index in [0.29, 0.717) is 24.6 Å². The zero-order chi connectivity index (χ0) is 23.6. The van der Waals surface area contributed by atoms with Crippen molar-refractivity contribution in [1.29, 1.82) is 0 Å². The first-order valence-corrected chi connectivity index (χ1v) is 10.8. The Morgan fingerprint density at radius 3 is 2.55 bits per heavy atom. The Morgan fingerprint density at radius 1 is 1.03 bits per heavy atom. The van der Waals surface area contributed by atoms with Crippen LogP contribution in [0.15, 0.2) is 65.2 Å². The van der Waals surface area contributed by atoms with Crippen molar-refractivity contribution in [2.24, 2.45) is 0 Å². The van der Waals surface area contributed by atoms with Gasteiger partial charge in [0.1, 0.15) is 5.75 Å². The van der Waals surface area contributed by atoms with Crippen molar-refractivity contribution < 1.29 is 18.8 Å². The number of nitrogens with one attached hydrogen (secondary N) is 1. The molecule has 3 aromatic rings. The second-order valence-corrected chi connectivity index (χ2v) is 7.92. The molecule has 1 aromatic heterocycles. The fraction of sp³-hybridized carbons (Fsp3) is 0.320. The minimum Gasteiger partial charge on any atom is -0.497 e. The average Bonchev–Trinajstić information content (AvgIpc) is 3.32. The zero-order valence-electron chi connectivity index (χ0n) is 19.3. The Bertz CT molecular complexity index is 1050. The number of hydrogen-bond acceptors (Lipinski definition) is 6. The number of amides is 2. The number of carbonyl (C=O) groups is 2. The van der Waals surface area contributed by atoms with Crippen molar-refractivity contribution in [1.82, 2.24) is 20.3 Å². The van der Waals surface area contributed by atoms with Crippen LogP contribution in [0.4, 0.5) is 0 Å². The van der Waals surface area contributed by atoms with Gasteiger partial charge in [-0.25, -0.2) is 0 Å². The van der Waals surface area contributed by atoms with Crippen molar-refractivity contribution in [3.63, 3.8) is 0 Å². The SMILES string of the molecule is COc1cccc(-c2cc(C(=O)N(CCC(=O)NCCN(C)C)Cc3ccccc3)no2)c1. The van der Waals surface area contributed by atoms with E-state index in [2.05, 4.69) is 10.5 Å². The van der Waals surface area contributed by atoms with Crippen LogP contribution in [0.2, 0.25) is 0 Å². The molecule has 0 aliphatic heterocycles. The highest BCUT2D eigenvalue weighted by molar-refractivity contribution is 5.93. The fourth-order valence-electron chi connectivity index (χ4n) is 3.25. The quantitative estimate of drug-likeness (QED) is 0.483. The van der Waals surface area contributed by atoms with E-state index in [9.17, 15) is 9.59 Å². The largest absolute Gasteiger partial charge is 0.497 e. The van der Waals surface area contributed by atoms with Crippen LogP contribution in [0.3, 0.4) is 0 Å². The molecule has 8 heteroatoms. The minimum absolute atomic E-state index is 0.0973. The number of methoxy groups -OCH3 is 1. The Labute approximate surface area is 194 Å². The third-order valence-corrected chi connectivity index (χ3v) is 5.08. The molecular weight excluding hydrogens is 420 g/mol. The number of carbonyl (C=O) groups excluding carboxylic acids is 2. The topological polar surface area (TPSA) is 87.9 Å². The molecule has 0 aliphatic rings. The number of rotatable bonds is 11. The molecule has 0 spiro atoms. The Balaban J connectivity index is 1.72. The van der Waals surface area contributed by atoms with E-state index < -0.39 is 0 Å². The standard InChI is InChI=1S/C25H30N4O4/c1-28(2)15-13-26-24(30)12-14-29(18-19-8-5-4-6-9-19)25(31)22-17-23(33-27-22)20-10-7-11-21(16-20)32-3/h4-11,16-17H,12-15,18H2,1-3H3,(H,26,30). The summed E-state index contributed by atoms with van der Waals surface area (Å²) in [5.74, 6) is 0.763. The predicted molar refractivity (Wildman–Crippen MR) is 126 cm³/mol. The molecule has 174 valence electrons. The summed E-state index contributed by atoms with van der Waals surface area (Å²) in [5.41, 5.74) is 1.92. The van der Waals surface area contributed by atoms with Crippen LogP contribution >= 0.6 is 0 Å². The lowest BCUT2D eigenvalue weighted by Gasteiger charge is -2.21. The summed E-state index contributed by atoms with van der Waals surface area (Å²) in [6.45, 7) is 1.95. The summed E-state index contributed by atoms with van der Waals surface area (Å²) < 4.78 is 10.7. The van der Waals surface area contributed by atoms with Crippen LogP contribution < -0.4 is 10.1 Å². The predicted octanol–water partition coefficient (Wildman–Crippen LogP) is 3.06. The summed E-state index contributed by atoms with van der Waals surface area (Å²) in [4.78, 5) is 29.2. The summed E-state index contributed by atoms with van der Waals surface area (Å²) in [6.07, 6.45) is 0.201. The second-order valence-electron chi connectivity index (χ2n) is 7.92. The van der Waals surface area contributed by atoms with E-state index in [1.165, 1.54) is 0 Å². The number of nitrogens with zero attached hydrogens (tertiary/aromatic N) is 3. The van der Waals surface area contributed by atoms with E-state index in [-0.39, 0.29) is 30.5 Å². The first-order chi connectivity index (χ1) is 16.0. The van der Waals surface area contributed by atoms with Gasteiger partial charge >= 0.3 is 0 Å². The molecule has 1 heterocycles. The number of aromatic nitrogens is 1. The maximum absolute atomic E-state index is 13.3. The van der Waals surface area contributed by atoms with Gasteiger partial charge in [0.25, 0.3) is 5.91 Å². The molecule has 0 radical (unpaired) electrons. The van der Waals surface area contributed by atoms with Crippen molar-refractivity contribution in [3.8, 4) is 17.1 Å². The van der Waals surface area contributed by atoms with Crippen molar-refractivity contribution >= 4 is 11.8 Å². The molecule has 0 fully saturated rings. The third-order valence-electron chi connectivity index (χ3n) is 5.08. The molecule has 2 amide bonds. The van der Waals surface area contributed by atoms with Crippen LogP contribution in [-0.4, -0.2) is 67.6 Å². The molecule has 0 bridgehead atoms. The molecule has 3 rings (SSSR count). The molecule has 0 unspecified atom stereocenters. The molecule has 0 saturated heterocycles. The highest BCUT2D eigenvalue weighted by Gasteiger charge is 2.22. The van der Waals surface area contributed by atoms with Gasteiger partial charge in [0.15, 0.2) is 11.5 Å². The van der Waals surface area contributed by atoms with Crippen LogP contribution in [-0.2, 0) is 11.3 Å². The molecule has 0 saturated carbocycles. The van der Waals surface area contributed by atoms with Crippen LogP contribution in [0.1, 0.15) is 22.5 Å². The fourth-order valence-corrected chi connectivity index (χ4v) is 3.25. The summed E-state index contributed by atoms with van der Waals surface area (Å²) in [7, 11) is 5.49. The lowest BCUT2D eigenvalue weighted by Crippen LogP contribution is -2.36. The maximum atomic E-state index is 13.3. The Hall–Kier alpha value is -3.65. The van der Waals surface area contributed by atoms with E-state index >= 15 is 0 Å². The normalized spacial score (nSPS) is 10.8. The Morgan fingerprint density at radius 2 is 1.82 bits per heavy atom. The lowest BCUT2D eigenvalue weighted by atomic mass is 10.1. The molecule has 2 aromatic carbocycles. The first kappa shape index (κ1) is 24.0. The van der Waals surface area contributed by atoms with E-state index in [4.69, 9.17) is 9.26 Å². The van der Waals surface area contributed by atoms with Gasteiger partial charge in [0, 0.05) is 44.2 Å². The van der Waals surface area contributed by atoms with Crippen molar-refractivity contribution in [3.05, 3.63) is 71.9 Å². The van der Waals surface area contributed by atoms with Crippen molar-refractivity contribution in [2.75, 3.05) is 40.8 Å². The van der Waals surface area contributed by atoms with Gasteiger partial charge in [0.2, 0.25) is 5.91 Å². The number of likely N-dealkylation sites (N-methyl/N-ethyl adjacent to an activating group) is 1. The van der Waals surface area contributed by atoms with Gasteiger partial charge in [0.05, 0.1) is 7.11 Å². The molecule has 8 nitrogen and oxygen atoms in total. The van der Waals surface area contributed by atoms with Gasteiger partial charge < -0.3 is 24.4 Å². The van der Waals surface area contributed by atoms with E-state index in [0.717, 1.165) is 17.7 Å². The Kier molecular flexibility index (Phi) is 8.60. The summed E-state index contributed by atoms with van der Waals surface area (Å²) in [5, 5.41) is 6.88. The van der Waals surface area contributed by atoms with Crippen LogP contribution in [0.25, 0.3) is 11.3 Å². The second kappa shape index (κ2) is 11.8. The van der Waals surface area contributed by atoms with E-state index in [1.54, 1.807) is 18.1 Å². The molecule has 1 N–H and O–H groups in total. The highest BCUT2D eigenvalue weighted by atomic mass is 16.5. The zero-order valence-corrected chi connectivity index (χ0v) is 19.3. The summed E-state index contributed by atoms with van der Waals surface area (Å²) in [6, 6.07) is 18.6. The smallest absolute Gasteiger partial charge is 0.276 e. The lowest BCUT2D eigenvalue weighted by molar-refractivity contribution is -0.121. The molecule has 0 aliphatic carbocycles. The molecule has 33 heavy (non-hydrogen) atoms. The highest BCUT2D eigenvalue weighted by Crippen LogP contribution is 2.25. The van der Waals surface area contributed by atoms with Gasteiger partial charge in [-0.15, -0.1) is 0 Å². The van der Waals surface area contributed by atoms with Gasteiger partial charge in [-0.2, -0.15) is 0 Å². The van der Waals surface area contributed by atoms with Gasteiger partial charge in [-0.05, 0) is 31.8 Å². The minimum atomic E-state index is -0.294. The average molecular weight is 451 g/mol. The third kappa shape index (κ3) is 7.18. The first-order valence-electron chi connectivity index (χ1n) is 10.8. The van der Waals surface area contributed by atoms with Crippen LogP contribution in [0.5, 0.6) is 5.75 Å². The number of benzene rings is 2. The molecular formula is C25H30N4O4. The van der Waals surface area contributed by atoms with Crippen LogP contribution in [0, 0.1) is 0 Å². The molecule has 0 atom stereocenters. The van der Waals surface area contributed by atoms with Gasteiger partial charge in [-0.1, -0.05) is 47.6 Å². The van der Waals surface area contributed by atoms with Gasteiger partial charge in [-0.3, -0.25) is 9.59 Å². The maximum Gasteiger partial charge on any atom is 0.276 e. The van der Waals surface area contributed by atoms with E-state index in [1.807, 2.05) is 73.6 Å². The summed E-state index contributed by atoms with van der Waals surface area (Å²) >= 11 is 0. The number of hydrogen-bond donors (Lipinski definition) is 1.